The van der Waals surface area contributed by atoms with Gasteiger partial charge in [-0.05, 0) is 24.6 Å². The summed E-state index contributed by atoms with van der Waals surface area (Å²) in [6, 6.07) is 7.66. The van der Waals surface area contributed by atoms with Crippen LogP contribution in [0.2, 0.25) is 0 Å². The van der Waals surface area contributed by atoms with Gasteiger partial charge >= 0.3 is 0 Å². The summed E-state index contributed by atoms with van der Waals surface area (Å²) in [5.41, 5.74) is 2.56. The van der Waals surface area contributed by atoms with Gasteiger partial charge in [-0.3, -0.25) is 0 Å². The topological polar surface area (TPSA) is 41.6 Å². The van der Waals surface area contributed by atoms with Gasteiger partial charge in [0.1, 0.15) is 5.82 Å². The normalized spacial score (nSPS) is 10.6. The van der Waals surface area contributed by atoms with Crippen LogP contribution in [0, 0.1) is 11.3 Å². The molecule has 2 aromatic rings. The van der Waals surface area contributed by atoms with Crippen molar-refractivity contribution in [3.63, 3.8) is 0 Å². The first-order valence-corrected chi connectivity index (χ1v) is 5.78. The van der Waals surface area contributed by atoms with Crippen LogP contribution in [0.1, 0.15) is 24.7 Å². The zero-order chi connectivity index (χ0) is 11.5. The molecule has 0 saturated carbocycles. The third-order valence-electron chi connectivity index (χ3n) is 2.52. The molecule has 82 valence electrons. The average Bonchev–Trinajstić information content (AvgIpc) is 2.67. The number of hydrogen-bond acceptors (Lipinski definition) is 2. The summed E-state index contributed by atoms with van der Waals surface area (Å²) in [6.07, 6.45) is 1.02. The van der Waals surface area contributed by atoms with Crippen LogP contribution in [0.15, 0.2) is 18.2 Å². The minimum Gasteiger partial charge on any atom is -0.327 e. The Labute approximate surface area is 99.3 Å². The molecule has 1 heterocycles. The van der Waals surface area contributed by atoms with E-state index in [1.807, 2.05) is 12.1 Å². The second kappa shape index (κ2) is 4.54. The number of nitriles is 1. The zero-order valence-corrected chi connectivity index (χ0v) is 9.83. The van der Waals surface area contributed by atoms with Crippen LogP contribution in [0.3, 0.4) is 0 Å². The Morgan fingerprint density at radius 2 is 2.31 bits per heavy atom. The monoisotopic (exact) mass is 233 g/mol. The second-order valence-electron chi connectivity index (χ2n) is 3.63. The zero-order valence-electron chi connectivity index (χ0n) is 9.07. The number of aromatic nitrogens is 2. The maximum absolute atomic E-state index is 8.88. The molecule has 0 amide bonds. The molecule has 16 heavy (non-hydrogen) atoms. The number of aryl methyl sites for hydroxylation is 1. The summed E-state index contributed by atoms with van der Waals surface area (Å²) in [5.74, 6) is 1.27. The molecule has 4 heteroatoms. The third-order valence-corrected chi connectivity index (χ3v) is 2.76. The van der Waals surface area contributed by atoms with Crippen molar-refractivity contribution in [2.75, 3.05) is 0 Å². The Balaban J connectivity index is 2.66. The minimum atomic E-state index is 0.399. The SMILES string of the molecule is CCCn1c(CCl)nc2ccc(C#N)cc21. The van der Waals surface area contributed by atoms with Crippen molar-refractivity contribution in [2.24, 2.45) is 0 Å². The van der Waals surface area contributed by atoms with Crippen LogP contribution in [0.5, 0.6) is 0 Å². The van der Waals surface area contributed by atoms with Crippen molar-refractivity contribution >= 4 is 22.6 Å². The fourth-order valence-corrected chi connectivity index (χ4v) is 2.02. The van der Waals surface area contributed by atoms with Crippen LogP contribution >= 0.6 is 11.6 Å². The van der Waals surface area contributed by atoms with E-state index in [9.17, 15) is 0 Å². The first-order valence-electron chi connectivity index (χ1n) is 5.25. The Morgan fingerprint density at radius 3 is 2.94 bits per heavy atom. The number of hydrogen-bond donors (Lipinski definition) is 0. The van der Waals surface area contributed by atoms with Crippen molar-refractivity contribution in [3.8, 4) is 6.07 Å². The van der Waals surface area contributed by atoms with E-state index in [0.29, 0.717) is 11.4 Å². The van der Waals surface area contributed by atoms with E-state index in [-0.39, 0.29) is 0 Å². The fraction of sp³-hybridized carbons (Fsp3) is 0.333. The van der Waals surface area contributed by atoms with Crippen LogP contribution in [-0.4, -0.2) is 9.55 Å². The lowest BCUT2D eigenvalue weighted by molar-refractivity contribution is 0.672. The molecule has 0 radical (unpaired) electrons. The lowest BCUT2D eigenvalue weighted by atomic mass is 10.2. The van der Waals surface area contributed by atoms with E-state index in [1.165, 1.54) is 0 Å². The van der Waals surface area contributed by atoms with Gasteiger partial charge in [-0.15, -0.1) is 11.6 Å². The number of nitrogens with zero attached hydrogens (tertiary/aromatic N) is 3. The summed E-state index contributed by atoms with van der Waals surface area (Å²) in [6.45, 7) is 2.99. The Kier molecular flexibility index (Phi) is 3.12. The van der Waals surface area contributed by atoms with Gasteiger partial charge in [0.25, 0.3) is 0 Å². The summed E-state index contributed by atoms with van der Waals surface area (Å²) >= 11 is 5.86. The molecule has 0 aliphatic rings. The summed E-state index contributed by atoms with van der Waals surface area (Å²) in [4.78, 5) is 4.45. The van der Waals surface area contributed by atoms with Crippen molar-refractivity contribution in [3.05, 3.63) is 29.6 Å². The predicted octanol–water partition coefficient (Wildman–Crippen LogP) is 3.06. The van der Waals surface area contributed by atoms with Crippen molar-refractivity contribution in [2.45, 2.75) is 25.8 Å². The van der Waals surface area contributed by atoms with E-state index >= 15 is 0 Å². The molecule has 1 aromatic heterocycles. The molecule has 0 spiro atoms. The summed E-state index contributed by atoms with van der Waals surface area (Å²) < 4.78 is 2.09. The summed E-state index contributed by atoms with van der Waals surface area (Å²) in [5, 5.41) is 8.88. The lowest BCUT2D eigenvalue weighted by Crippen LogP contribution is -2.01. The Bertz CT molecular complexity index is 551. The average molecular weight is 234 g/mol. The molecule has 0 unspecified atom stereocenters. The molecule has 0 aliphatic heterocycles. The van der Waals surface area contributed by atoms with E-state index in [4.69, 9.17) is 16.9 Å². The van der Waals surface area contributed by atoms with Gasteiger partial charge in [0.2, 0.25) is 0 Å². The first-order chi connectivity index (χ1) is 7.80. The highest BCUT2D eigenvalue weighted by Gasteiger charge is 2.09. The van der Waals surface area contributed by atoms with Crippen LogP contribution in [0.25, 0.3) is 11.0 Å². The molecule has 0 saturated heterocycles. The van der Waals surface area contributed by atoms with Gasteiger partial charge in [0, 0.05) is 6.54 Å². The fourth-order valence-electron chi connectivity index (χ4n) is 1.82. The smallest absolute Gasteiger partial charge is 0.124 e. The highest BCUT2D eigenvalue weighted by Crippen LogP contribution is 2.19. The van der Waals surface area contributed by atoms with E-state index in [0.717, 1.165) is 29.8 Å². The van der Waals surface area contributed by atoms with Gasteiger partial charge < -0.3 is 4.57 Å². The van der Waals surface area contributed by atoms with Crippen LogP contribution in [0.4, 0.5) is 0 Å². The molecule has 0 atom stereocenters. The molecule has 0 N–H and O–H groups in total. The molecule has 1 aromatic carbocycles. The number of alkyl halides is 1. The standard InChI is InChI=1S/C12H12ClN3/c1-2-5-16-11-6-9(8-14)3-4-10(11)15-12(16)7-13/h3-4,6H,2,5,7H2,1H3. The molecule has 0 fully saturated rings. The quantitative estimate of drug-likeness (QED) is 0.765. The van der Waals surface area contributed by atoms with E-state index in [1.54, 1.807) is 6.07 Å². The lowest BCUT2D eigenvalue weighted by Gasteiger charge is -2.04. The van der Waals surface area contributed by atoms with Gasteiger partial charge in [0.15, 0.2) is 0 Å². The van der Waals surface area contributed by atoms with Gasteiger partial charge in [-0.1, -0.05) is 6.92 Å². The van der Waals surface area contributed by atoms with Gasteiger partial charge in [-0.25, -0.2) is 4.98 Å². The minimum absolute atomic E-state index is 0.399. The highest BCUT2D eigenvalue weighted by molar-refractivity contribution is 6.16. The van der Waals surface area contributed by atoms with Crippen molar-refractivity contribution in [1.82, 2.24) is 9.55 Å². The second-order valence-corrected chi connectivity index (χ2v) is 3.90. The molecule has 3 nitrogen and oxygen atoms in total. The number of halogens is 1. The number of fused-ring (bicyclic) bond motifs is 1. The number of imidazole rings is 1. The van der Waals surface area contributed by atoms with Gasteiger partial charge in [0.05, 0.1) is 28.5 Å². The largest absolute Gasteiger partial charge is 0.327 e. The highest BCUT2D eigenvalue weighted by atomic mass is 35.5. The molecule has 2 rings (SSSR count). The first kappa shape index (κ1) is 11.0. The third kappa shape index (κ3) is 1.77. The molecular formula is C12H12ClN3. The van der Waals surface area contributed by atoms with Crippen LogP contribution < -0.4 is 0 Å². The van der Waals surface area contributed by atoms with E-state index in [2.05, 4.69) is 22.5 Å². The number of rotatable bonds is 3. The predicted molar refractivity (Wildman–Crippen MR) is 64.3 cm³/mol. The summed E-state index contributed by atoms with van der Waals surface area (Å²) in [7, 11) is 0. The Hall–Kier alpha value is -1.53. The molecular weight excluding hydrogens is 222 g/mol. The van der Waals surface area contributed by atoms with Crippen molar-refractivity contribution in [1.29, 1.82) is 5.26 Å². The van der Waals surface area contributed by atoms with Crippen LogP contribution in [-0.2, 0) is 12.4 Å². The Morgan fingerprint density at radius 1 is 1.50 bits per heavy atom. The molecule has 0 bridgehead atoms. The number of benzene rings is 1. The van der Waals surface area contributed by atoms with E-state index < -0.39 is 0 Å². The van der Waals surface area contributed by atoms with Gasteiger partial charge in [-0.2, -0.15) is 5.26 Å². The maximum atomic E-state index is 8.88. The van der Waals surface area contributed by atoms with Crippen molar-refractivity contribution < 1.29 is 0 Å². The maximum Gasteiger partial charge on any atom is 0.124 e. The molecule has 0 aliphatic carbocycles.